The van der Waals surface area contributed by atoms with Crippen LogP contribution in [0.3, 0.4) is 0 Å². The zero-order valence-electron chi connectivity index (χ0n) is 17.4. The molecule has 1 aromatic carbocycles. The Bertz CT molecular complexity index is 1200. The molecule has 0 radical (unpaired) electrons. The standard InChI is InChI=1S/C21H25N5O3S2/c1-12-3-8-16(31(28,29)26-14-4-6-15(27)7-5-14)9-17(12)18-10-24-21(22)20(25-18)19-11-23-13(2)30-19/h3,8-11,14-15,26-27H,4-7H2,1-2H3,(H2,22,24)/t14-,15-. The maximum absolute atomic E-state index is 13.0. The van der Waals surface area contributed by atoms with Gasteiger partial charge in [-0.1, -0.05) is 6.07 Å². The minimum atomic E-state index is -3.70. The topological polar surface area (TPSA) is 131 Å². The number of hydrogen-bond donors (Lipinski definition) is 3. The second-order valence-corrected chi connectivity index (χ2v) is 10.8. The summed E-state index contributed by atoms with van der Waals surface area (Å²) in [6.45, 7) is 3.80. The van der Waals surface area contributed by atoms with E-state index in [1.165, 1.54) is 11.3 Å². The molecule has 0 amide bonds. The summed E-state index contributed by atoms with van der Waals surface area (Å²) in [5, 5.41) is 10.6. The number of nitrogen functional groups attached to an aromatic ring is 1. The van der Waals surface area contributed by atoms with Crippen LogP contribution in [0.4, 0.5) is 5.82 Å². The average Bonchev–Trinajstić information content (AvgIpc) is 3.16. The number of hydrogen-bond acceptors (Lipinski definition) is 8. The predicted octanol–water partition coefficient (Wildman–Crippen LogP) is 3.05. The molecule has 3 aromatic rings. The monoisotopic (exact) mass is 459 g/mol. The number of nitrogens with one attached hydrogen (secondary N) is 1. The van der Waals surface area contributed by atoms with Crippen LogP contribution in [0, 0.1) is 13.8 Å². The van der Waals surface area contributed by atoms with Gasteiger partial charge in [0.1, 0.15) is 5.69 Å². The van der Waals surface area contributed by atoms with E-state index in [0.29, 0.717) is 48.5 Å². The van der Waals surface area contributed by atoms with Gasteiger partial charge in [0.25, 0.3) is 0 Å². The molecule has 1 aliphatic rings. The molecule has 1 fully saturated rings. The first kappa shape index (κ1) is 21.8. The van der Waals surface area contributed by atoms with E-state index in [1.54, 1.807) is 30.6 Å². The van der Waals surface area contributed by atoms with Crippen LogP contribution in [0.1, 0.15) is 36.3 Å². The van der Waals surface area contributed by atoms with Crippen LogP contribution in [-0.2, 0) is 10.0 Å². The molecule has 8 nitrogen and oxygen atoms in total. The van der Waals surface area contributed by atoms with Crippen molar-refractivity contribution >= 4 is 27.2 Å². The fraction of sp³-hybridized carbons (Fsp3) is 0.381. The Morgan fingerprint density at radius 1 is 1.13 bits per heavy atom. The van der Waals surface area contributed by atoms with Crippen LogP contribution in [0.2, 0.25) is 0 Å². The maximum Gasteiger partial charge on any atom is 0.240 e. The third kappa shape index (κ3) is 4.77. The van der Waals surface area contributed by atoms with Crippen LogP contribution in [0.15, 0.2) is 35.5 Å². The first-order valence-electron chi connectivity index (χ1n) is 10.1. The first-order chi connectivity index (χ1) is 14.7. The number of aromatic nitrogens is 3. The lowest BCUT2D eigenvalue weighted by molar-refractivity contribution is 0.120. The Morgan fingerprint density at radius 2 is 1.87 bits per heavy atom. The van der Waals surface area contributed by atoms with E-state index in [0.717, 1.165) is 15.4 Å². The zero-order chi connectivity index (χ0) is 22.2. The molecule has 0 atom stereocenters. The second-order valence-electron chi connectivity index (χ2n) is 7.84. The highest BCUT2D eigenvalue weighted by atomic mass is 32.2. The normalized spacial score (nSPS) is 19.5. The first-order valence-corrected chi connectivity index (χ1v) is 12.4. The van der Waals surface area contributed by atoms with Crippen LogP contribution < -0.4 is 10.5 Å². The van der Waals surface area contributed by atoms with Gasteiger partial charge in [0.15, 0.2) is 5.82 Å². The van der Waals surface area contributed by atoms with Crippen molar-refractivity contribution in [1.29, 1.82) is 0 Å². The lowest BCUT2D eigenvalue weighted by Crippen LogP contribution is -2.38. The SMILES string of the molecule is Cc1ncc(-c2nc(-c3cc(S(=O)(=O)N[C@H]4CC[C@H](O)CC4)ccc3C)cnc2N)s1. The Morgan fingerprint density at radius 3 is 2.55 bits per heavy atom. The number of aliphatic hydroxyl groups excluding tert-OH is 1. The zero-order valence-corrected chi connectivity index (χ0v) is 19.0. The summed E-state index contributed by atoms with van der Waals surface area (Å²) in [6.07, 6.45) is 5.39. The Hall–Kier alpha value is -2.40. The van der Waals surface area contributed by atoms with E-state index in [9.17, 15) is 13.5 Å². The van der Waals surface area contributed by atoms with Gasteiger partial charge in [-0.2, -0.15) is 0 Å². The number of thiazole rings is 1. The molecule has 164 valence electrons. The van der Waals surface area contributed by atoms with E-state index < -0.39 is 10.0 Å². The summed E-state index contributed by atoms with van der Waals surface area (Å²) in [5.74, 6) is 0.301. The minimum Gasteiger partial charge on any atom is -0.393 e. The van der Waals surface area contributed by atoms with E-state index in [2.05, 4.69) is 19.7 Å². The van der Waals surface area contributed by atoms with Gasteiger partial charge >= 0.3 is 0 Å². The quantitative estimate of drug-likeness (QED) is 0.534. The van der Waals surface area contributed by atoms with Crippen molar-refractivity contribution in [3.05, 3.63) is 41.2 Å². The Labute approximate surface area is 185 Å². The minimum absolute atomic E-state index is 0.171. The van der Waals surface area contributed by atoms with Crippen LogP contribution in [0.25, 0.3) is 21.8 Å². The summed E-state index contributed by atoms with van der Waals surface area (Å²) in [5.41, 5.74) is 8.68. The molecule has 1 aliphatic carbocycles. The molecular weight excluding hydrogens is 434 g/mol. The number of rotatable bonds is 5. The van der Waals surface area contributed by atoms with Gasteiger partial charge in [0.2, 0.25) is 10.0 Å². The number of benzene rings is 1. The highest BCUT2D eigenvalue weighted by molar-refractivity contribution is 7.89. The fourth-order valence-corrected chi connectivity index (χ4v) is 5.81. The summed E-state index contributed by atoms with van der Waals surface area (Å²) in [4.78, 5) is 14.2. The van der Waals surface area contributed by atoms with Gasteiger partial charge in [-0.3, -0.25) is 0 Å². The highest BCUT2D eigenvalue weighted by Crippen LogP contribution is 2.32. The lowest BCUT2D eigenvalue weighted by atomic mass is 9.94. The van der Waals surface area contributed by atoms with E-state index >= 15 is 0 Å². The van der Waals surface area contributed by atoms with Crippen molar-refractivity contribution in [2.45, 2.75) is 56.6 Å². The predicted molar refractivity (Wildman–Crippen MR) is 121 cm³/mol. The maximum atomic E-state index is 13.0. The molecule has 4 N–H and O–H groups in total. The van der Waals surface area contributed by atoms with Crippen molar-refractivity contribution < 1.29 is 13.5 Å². The summed E-state index contributed by atoms with van der Waals surface area (Å²) < 4.78 is 28.7. The number of aliphatic hydroxyl groups is 1. The molecule has 0 bridgehead atoms. The molecule has 4 rings (SSSR count). The number of aryl methyl sites for hydroxylation is 2. The number of anilines is 1. The van der Waals surface area contributed by atoms with Crippen molar-refractivity contribution in [3.63, 3.8) is 0 Å². The molecule has 0 unspecified atom stereocenters. The summed E-state index contributed by atoms with van der Waals surface area (Å²) >= 11 is 1.47. The van der Waals surface area contributed by atoms with Crippen molar-refractivity contribution in [1.82, 2.24) is 19.7 Å². The molecule has 0 aliphatic heterocycles. The van der Waals surface area contributed by atoms with Gasteiger partial charge < -0.3 is 10.8 Å². The largest absolute Gasteiger partial charge is 0.393 e. The molecular formula is C21H25N5O3S2. The number of nitrogens with two attached hydrogens (primary N) is 1. The lowest BCUT2D eigenvalue weighted by Gasteiger charge is -2.26. The highest BCUT2D eigenvalue weighted by Gasteiger charge is 2.25. The van der Waals surface area contributed by atoms with Gasteiger partial charge in [0, 0.05) is 17.8 Å². The van der Waals surface area contributed by atoms with E-state index in [4.69, 9.17) is 5.73 Å². The molecule has 10 heteroatoms. The third-order valence-corrected chi connectivity index (χ3v) is 7.91. The van der Waals surface area contributed by atoms with Crippen molar-refractivity contribution in [2.75, 3.05) is 5.73 Å². The van der Waals surface area contributed by atoms with Crippen LogP contribution in [-0.4, -0.2) is 40.6 Å². The molecule has 0 spiro atoms. The Kier molecular flexibility index (Phi) is 6.07. The third-order valence-electron chi connectivity index (χ3n) is 5.47. The van der Waals surface area contributed by atoms with Crippen molar-refractivity contribution in [3.8, 4) is 21.8 Å². The smallest absolute Gasteiger partial charge is 0.240 e. The summed E-state index contributed by atoms with van der Waals surface area (Å²) in [6, 6.07) is 4.81. The van der Waals surface area contributed by atoms with Gasteiger partial charge in [0.05, 0.1) is 32.8 Å². The van der Waals surface area contributed by atoms with Crippen LogP contribution >= 0.6 is 11.3 Å². The molecule has 2 heterocycles. The molecule has 31 heavy (non-hydrogen) atoms. The van der Waals surface area contributed by atoms with Gasteiger partial charge in [-0.25, -0.2) is 28.1 Å². The number of nitrogens with zero attached hydrogens (tertiary/aromatic N) is 3. The van der Waals surface area contributed by atoms with Gasteiger partial charge in [-0.15, -0.1) is 11.3 Å². The van der Waals surface area contributed by atoms with Crippen LogP contribution in [0.5, 0.6) is 0 Å². The second kappa shape index (κ2) is 8.62. The molecule has 2 aromatic heterocycles. The molecule has 0 saturated heterocycles. The van der Waals surface area contributed by atoms with E-state index in [-0.39, 0.29) is 17.0 Å². The van der Waals surface area contributed by atoms with Crippen molar-refractivity contribution in [2.24, 2.45) is 0 Å². The average molecular weight is 460 g/mol. The molecule has 1 saturated carbocycles. The van der Waals surface area contributed by atoms with Gasteiger partial charge in [-0.05, 0) is 57.2 Å². The Balaban J connectivity index is 1.67. The fourth-order valence-electron chi connectivity index (χ4n) is 3.71. The number of sulfonamides is 1. The van der Waals surface area contributed by atoms with E-state index in [1.807, 2.05) is 13.8 Å². The summed E-state index contributed by atoms with van der Waals surface area (Å²) in [7, 11) is -3.70.